The number of piperazine rings is 1. The van der Waals surface area contributed by atoms with Crippen LogP contribution >= 0.6 is 0 Å². The molecule has 8 heteroatoms. The monoisotopic (exact) mass is 419 g/mol. The number of rotatable bonds is 1. The molecule has 1 fully saturated rings. The fourth-order valence-corrected chi connectivity index (χ4v) is 5.34. The highest BCUT2D eigenvalue weighted by atomic mass is 16.7. The molecule has 0 saturated carbocycles. The third-order valence-corrected chi connectivity index (χ3v) is 6.70. The average Bonchev–Trinajstić information content (AvgIpc) is 3.36. The summed E-state index contributed by atoms with van der Waals surface area (Å²) in [5.41, 5.74) is -0.532. The van der Waals surface area contributed by atoms with Gasteiger partial charge in [-0.25, -0.2) is 0 Å². The highest BCUT2D eigenvalue weighted by molar-refractivity contribution is 6.00. The van der Waals surface area contributed by atoms with Crippen molar-refractivity contribution in [1.29, 1.82) is 0 Å². The van der Waals surface area contributed by atoms with Crippen molar-refractivity contribution < 1.29 is 24.2 Å². The molecule has 2 amide bonds. The van der Waals surface area contributed by atoms with Gasteiger partial charge in [0, 0.05) is 29.9 Å². The molecule has 3 aliphatic rings. The lowest BCUT2D eigenvalue weighted by Gasteiger charge is -2.56. The van der Waals surface area contributed by atoms with Crippen molar-refractivity contribution in [2.45, 2.75) is 24.6 Å². The van der Waals surface area contributed by atoms with E-state index in [-0.39, 0.29) is 25.2 Å². The number of carbonyl (C=O) groups is 2. The molecule has 8 nitrogen and oxygen atoms in total. The summed E-state index contributed by atoms with van der Waals surface area (Å²) in [6.45, 7) is 1.72. The average molecular weight is 419 g/mol. The number of aromatic amines is 1. The van der Waals surface area contributed by atoms with Gasteiger partial charge >= 0.3 is 0 Å². The Kier molecular flexibility index (Phi) is 3.41. The van der Waals surface area contributed by atoms with Gasteiger partial charge in [-0.3, -0.25) is 14.5 Å². The molecule has 0 radical (unpaired) electrons. The van der Waals surface area contributed by atoms with Gasteiger partial charge in [0.05, 0.1) is 12.2 Å². The quantitative estimate of drug-likeness (QED) is 0.626. The number of benzene rings is 2. The van der Waals surface area contributed by atoms with Gasteiger partial charge in [-0.1, -0.05) is 18.2 Å². The summed E-state index contributed by atoms with van der Waals surface area (Å²) in [4.78, 5) is 32.8. The van der Waals surface area contributed by atoms with Crippen molar-refractivity contribution in [2.24, 2.45) is 0 Å². The van der Waals surface area contributed by atoms with Crippen LogP contribution in [0.4, 0.5) is 0 Å². The Morgan fingerprint density at radius 3 is 2.71 bits per heavy atom. The number of amides is 2. The first-order valence-electron chi connectivity index (χ1n) is 10.2. The molecule has 1 aromatic heterocycles. The van der Waals surface area contributed by atoms with Gasteiger partial charge in [-0.2, -0.15) is 0 Å². The number of H-pyrrole nitrogens is 1. The number of carbonyl (C=O) groups excluding carboxylic acids is 2. The van der Waals surface area contributed by atoms with Crippen molar-refractivity contribution in [3.63, 3.8) is 0 Å². The van der Waals surface area contributed by atoms with Crippen molar-refractivity contribution in [3.8, 4) is 11.5 Å². The maximum atomic E-state index is 13.4. The van der Waals surface area contributed by atoms with E-state index in [4.69, 9.17) is 9.47 Å². The summed E-state index contributed by atoms with van der Waals surface area (Å²) in [7, 11) is 1.62. The first kappa shape index (κ1) is 18.3. The topological polar surface area (TPSA) is 95.1 Å². The molecule has 3 aromatic rings. The fraction of sp³-hybridized carbons (Fsp3) is 0.304. The number of nitrogens with zero attached hydrogens (tertiary/aromatic N) is 2. The molecule has 31 heavy (non-hydrogen) atoms. The lowest BCUT2D eigenvalue weighted by Crippen LogP contribution is -2.74. The SMILES string of the molecule is CN1CC(=O)N2[C@](O)(c3ccc4c(c3)OCO4)c3[nH]c4ccccc4c3C[C@]2(C)C1=O. The normalized spacial score (nSPS) is 26.9. The Labute approximate surface area is 178 Å². The second-order valence-electron chi connectivity index (χ2n) is 8.61. The van der Waals surface area contributed by atoms with Crippen molar-refractivity contribution in [2.75, 3.05) is 20.4 Å². The molecule has 0 unspecified atom stereocenters. The molecule has 158 valence electrons. The van der Waals surface area contributed by atoms with Gasteiger partial charge in [0.25, 0.3) is 0 Å². The molecule has 4 heterocycles. The Morgan fingerprint density at radius 1 is 1.10 bits per heavy atom. The molecule has 2 aromatic carbocycles. The molecule has 2 atom stereocenters. The Hall–Kier alpha value is -3.52. The largest absolute Gasteiger partial charge is 0.454 e. The van der Waals surface area contributed by atoms with E-state index in [1.807, 2.05) is 24.3 Å². The zero-order chi connectivity index (χ0) is 21.5. The number of hydrogen-bond donors (Lipinski definition) is 2. The van der Waals surface area contributed by atoms with E-state index >= 15 is 0 Å². The summed E-state index contributed by atoms with van der Waals surface area (Å²) in [6.07, 6.45) is 0.300. The first-order chi connectivity index (χ1) is 14.8. The number of likely N-dealkylation sites (N-methyl/N-ethyl adjacent to an activating group) is 1. The van der Waals surface area contributed by atoms with Crippen LogP contribution in [0.2, 0.25) is 0 Å². The van der Waals surface area contributed by atoms with Gasteiger partial charge in [0.1, 0.15) is 5.54 Å². The summed E-state index contributed by atoms with van der Waals surface area (Å²) >= 11 is 0. The molecule has 0 spiro atoms. The second-order valence-corrected chi connectivity index (χ2v) is 8.61. The van der Waals surface area contributed by atoms with Crippen molar-refractivity contribution >= 4 is 22.7 Å². The zero-order valence-electron chi connectivity index (χ0n) is 17.1. The van der Waals surface area contributed by atoms with Crippen LogP contribution in [0.5, 0.6) is 11.5 Å². The van der Waals surface area contributed by atoms with E-state index in [1.165, 1.54) is 9.80 Å². The second kappa shape index (κ2) is 5.79. The summed E-state index contributed by atoms with van der Waals surface area (Å²) in [5, 5.41) is 13.3. The van der Waals surface area contributed by atoms with E-state index in [9.17, 15) is 14.7 Å². The van der Waals surface area contributed by atoms with Crippen LogP contribution in [0.25, 0.3) is 10.9 Å². The predicted octanol–water partition coefficient (Wildman–Crippen LogP) is 1.71. The van der Waals surface area contributed by atoms with E-state index in [1.54, 1.807) is 32.2 Å². The standard InChI is InChI=1S/C23H21N3O5/c1-22-10-15-14-5-3-4-6-16(14)24-20(15)23(29,26(22)19(27)11-25(2)21(22)28)13-7-8-17-18(9-13)31-12-30-17/h3-9,24,29H,10-12H2,1-2H3/t22-,23+/m1/s1. The lowest BCUT2D eigenvalue weighted by molar-refractivity contribution is -0.196. The number of ether oxygens (including phenoxy) is 2. The van der Waals surface area contributed by atoms with E-state index in [0.717, 1.165) is 16.5 Å². The molecular weight excluding hydrogens is 398 g/mol. The maximum Gasteiger partial charge on any atom is 0.248 e. The number of aliphatic hydroxyl groups is 1. The number of aromatic nitrogens is 1. The smallest absolute Gasteiger partial charge is 0.248 e. The van der Waals surface area contributed by atoms with E-state index in [2.05, 4.69) is 4.98 Å². The molecular formula is C23H21N3O5. The maximum absolute atomic E-state index is 13.4. The Morgan fingerprint density at radius 2 is 1.87 bits per heavy atom. The van der Waals surface area contributed by atoms with Gasteiger partial charge in [0.2, 0.25) is 24.3 Å². The molecule has 2 N–H and O–H groups in total. The summed E-state index contributed by atoms with van der Waals surface area (Å²) < 4.78 is 10.9. The van der Waals surface area contributed by atoms with Crippen LogP contribution in [0.1, 0.15) is 23.7 Å². The van der Waals surface area contributed by atoms with Crippen LogP contribution in [0.15, 0.2) is 42.5 Å². The van der Waals surface area contributed by atoms with Gasteiger partial charge < -0.3 is 24.5 Å². The minimum Gasteiger partial charge on any atom is -0.454 e. The highest BCUT2D eigenvalue weighted by Gasteiger charge is 2.61. The van der Waals surface area contributed by atoms with Crippen molar-refractivity contribution in [1.82, 2.24) is 14.8 Å². The lowest BCUT2D eigenvalue weighted by atomic mass is 9.76. The fourth-order valence-electron chi connectivity index (χ4n) is 5.34. The highest BCUT2D eigenvalue weighted by Crippen LogP contribution is 2.50. The van der Waals surface area contributed by atoms with Crippen LogP contribution in [0, 0.1) is 0 Å². The number of para-hydroxylation sites is 1. The minimum atomic E-state index is -1.88. The van der Waals surface area contributed by atoms with Crippen LogP contribution in [0.3, 0.4) is 0 Å². The summed E-state index contributed by atoms with van der Waals surface area (Å²) in [5.74, 6) is 0.531. The van der Waals surface area contributed by atoms with Crippen LogP contribution < -0.4 is 9.47 Å². The van der Waals surface area contributed by atoms with E-state index in [0.29, 0.717) is 29.2 Å². The molecule has 1 saturated heterocycles. The third kappa shape index (κ3) is 2.17. The van der Waals surface area contributed by atoms with E-state index < -0.39 is 11.3 Å². The molecule has 0 bridgehead atoms. The number of hydrogen-bond acceptors (Lipinski definition) is 5. The van der Waals surface area contributed by atoms with Crippen LogP contribution in [-0.4, -0.2) is 57.6 Å². The minimum absolute atomic E-state index is 0.0957. The number of fused-ring (bicyclic) bond motifs is 5. The predicted molar refractivity (Wildman–Crippen MR) is 110 cm³/mol. The van der Waals surface area contributed by atoms with Crippen molar-refractivity contribution in [3.05, 3.63) is 59.3 Å². The van der Waals surface area contributed by atoms with Crippen LogP contribution in [-0.2, 0) is 21.7 Å². The zero-order valence-corrected chi connectivity index (χ0v) is 17.1. The van der Waals surface area contributed by atoms with Gasteiger partial charge in [-0.05, 0) is 36.8 Å². The molecule has 6 rings (SSSR count). The molecule has 3 aliphatic heterocycles. The number of nitrogens with one attached hydrogen (secondary N) is 1. The first-order valence-corrected chi connectivity index (χ1v) is 10.2. The third-order valence-electron chi connectivity index (χ3n) is 6.70. The summed E-state index contributed by atoms with van der Waals surface area (Å²) in [6, 6.07) is 12.8. The van der Waals surface area contributed by atoms with Gasteiger partial charge in [0.15, 0.2) is 11.5 Å². The molecule has 0 aliphatic carbocycles. The Balaban J connectivity index is 1.68. The Bertz CT molecular complexity index is 1280. The van der Waals surface area contributed by atoms with Gasteiger partial charge in [-0.15, -0.1) is 0 Å².